The molecule has 1 saturated carbocycles. The number of amides is 2. The number of carbonyl (C=O) groups is 2. The lowest BCUT2D eigenvalue weighted by atomic mass is 9.97. The number of hydrogen-bond acceptors (Lipinski definition) is 6. The van der Waals surface area contributed by atoms with Crippen molar-refractivity contribution >= 4 is 40.0 Å². The molecule has 0 aromatic carbocycles. The molecule has 3 heterocycles. The minimum atomic E-state index is -2.72. The van der Waals surface area contributed by atoms with Gasteiger partial charge in [0.1, 0.15) is 11.2 Å². The second-order valence-electron chi connectivity index (χ2n) is 9.69. The highest BCUT2D eigenvalue weighted by Crippen LogP contribution is 2.31. The zero-order valence-corrected chi connectivity index (χ0v) is 19.7. The first-order valence-electron chi connectivity index (χ1n) is 12.8. The number of pyridine rings is 2. The van der Waals surface area contributed by atoms with Gasteiger partial charge in [-0.2, -0.15) is 5.10 Å². The summed E-state index contributed by atoms with van der Waals surface area (Å²) >= 11 is 0. The molecule has 1 aliphatic rings. The van der Waals surface area contributed by atoms with Gasteiger partial charge < -0.3 is 20.5 Å². The van der Waals surface area contributed by atoms with Crippen LogP contribution in [-0.2, 0) is 17.9 Å². The van der Waals surface area contributed by atoms with Gasteiger partial charge in [0, 0.05) is 48.6 Å². The van der Waals surface area contributed by atoms with Gasteiger partial charge >= 0.3 is 0 Å². The molecule has 0 bridgehead atoms. The maximum atomic E-state index is 13.5. The van der Waals surface area contributed by atoms with E-state index in [9.17, 15) is 14.4 Å². The van der Waals surface area contributed by atoms with E-state index in [4.69, 9.17) is 4.11 Å². The standard InChI is InChI=1S/C24H31N7O3/c1-6-31-17-9-10-30(13-24(2,3)4)23(34)19(17)20(29-31)27-16-11-18(28-21(32)14-7-8-14)26-12-15(16)22(33)25-5/h9-12,14H,6-8,13H2,1-5H3,(H,25,33)(H2,26,27,28,29,32)/i5D3. The predicted octanol–water partition coefficient (Wildman–Crippen LogP) is 3.11. The quantitative estimate of drug-likeness (QED) is 0.490. The van der Waals surface area contributed by atoms with Crippen LogP contribution in [0, 0.1) is 11.3 Å². The van der Waals surface area contributed by atoms with Crippen molar-refractivity contribution in [1.29, 1.82) is 0 Å². The van der Waals surface area contributed by atoms with Gasteiger partial charge in [-0.05, 0) is 31.2 Å². The van der Waals surface area contributed by atoms with Crippen LogP contribution in [0.15, 0.2) is 29.3 Å². The highest BCUT2D eigenvalue weighted by atomic mass is 16.2. The highest BCUT2D eigenvalue weighted by Gasteiger charge is 2.30. The Morgan fingerprint density at radius 1 is 1.29 bits per heavy atom. The van der Waals surface area contributed by atoms with E-state index < -0.39 is 12.9 Å². The van der Waals surface area contributed by atoms with Crippen LogP contribution >= 0.6 is 0 Å². The molecule has 0 atom stereocenters. The largest absolute Gasteiger partial charge is 0.355 e. The highest BCUT2D eigenvalue weighted by molar-refractivity contribution is 6.02. The average Bonchev–Trinajstić information content (AvgIpc) is 3.56. The second kappa shape index (κ2) is 8.92. The first-order chi connectivity index (χ1) is 17.3. The van der Waals surface area contributed by atoms with Gasteiger partial charge in [0.2, 0.25) is 5.91 Å². The Kier molecular flexibility index (Phi) is 5.18. The summed E-state index contributed by atoms with van der Waals surface area (Å²) in [7, 11) is 0. The zero-order chi connectivity index (χ0) is 27.1. The van der Waals surface area contributed by atoms with Crippen molar-refractivity contribution < 1.29 is 13.7 Å². The summed E-state index contributed by atoms with van der Waals surface area (Å²) in [6.45, 7) is 6.24. The van der Waals surface area contributed by atoms with Crippen LogP contribution in [-0.4, -0.2) is 38.1 Å². The van der Waals surface area contributed by atoms with E-state index in [2.05, 4.69) is 20.7 Å². The smallest absolute Gasteiger partial charge is 0.263 e. The number of rotatable bonds is 7. The van der Waals surface area contributed by atoms with Crippen LogP contribution in [0.1, 0.15) is 55.0 Å². The lowest BCUT2D eigenvalue weighted by molar-refractivity contribution is -0.117. The lowest BCUT2D eigenvalue weighted by Crippen LogP contribution is -2.26. The molecule has 3 N–H and O–H groups in total. The summed E-state index contributed by atoms with van der Waals surface area (Å²) in [5.41, 5.74) is 0.290. The third-order valence-electron chi connectivity index (χ3n) is 5.54. The van der Waals surface area contributed by atoms with Crippen molar-refractivity contribution in [3.05, 3.63) is 40.4 Å². The SMILES string of the molecule is [2H]C([2H])([2H])NC(=O)c1cnc(NC(=O)C2CC2)cc1Nc1nn(CC)c2ccn(CC(C)(C)C)c(=O)c12. The predicted molar refractivity (Wildman–Crippen MR) is 131 cm³/mol. The third kappa shape index (κ3) is 4.80. The molecule has 3 aromatic rings. The molecule has 2 amide bonds. The Bertz CT molecular complexity index is 1420. The number of nitrogens with zero attached hydrogens (tertiary/aromatic N) is 4. The van der Waals surface area contributed by atoms with E-state index in [0.717, 1.165) is 12.8 Å². The van der Waals surface area contributed by atoms with E-state index in [0.29, 0.717) is 24.0 Å². The summed E-state index contributed by atoms with van der Waals surface area (Å²) in [5.74, 6) is -0.737. The number of carbonyl (C=O) groups excluding carboxylic acids is 2. The number of aryl methyl sites for hydroxylation is 1. The summed E-state index contributed by atoms with van der Waals surface area (Å²) < 4.78 is 25.5. The Hall–Kier alpha value is -3.69. The van der Waals surface area contributed by atoms with Crippen LogP contribution < -0.4 is 21.5 Å². The molecule has 0 radical (unpaired) electrons. The van der Waals surface area contributed by atoms with Gasteiger partial charge in [0.15, 0.2) is 5.82 Å². The van der Waals surface area contributed by atoms with Crippen molar-refractivity contribution in [2.75, 3.05) is 17.6 Å². The van der Waals surface area contributed by atoms with Gasteiger partial charge in [-0.1, -0.05) is 20.8 Å². The number of anilines is 3. The molecule has 1 aliphatic carbocycles. The van der Waals surface area contributed by atoms with Crippen LogP contribution in [0.3, 0.4) is 0 Å². The maximum Gasteiger partial charge on any atom is 0.263 e. The molecular weight excluding hydrogens is 434 g/mol. The second-order valence-corrected chi connectivity index (χ2v) is 9.69. The molecule has 180 valence electrons. The van der Waals surface area contributed by atoms with Crippen LogP contribution in [0.5, 0.6) is 0 Å². The topological polar surface area (TPSA) is 123 Å². The van der Waals surface area contributed by atoms with Crippen LogP contribution in [0.2, 0.25) is 0 Å². The summed E-state index contributed by atoms with van der Waals surface area (Å²) in [6.07, 6.45) is 4.53. The molecule has 4 rings (SSSR count). The van der Waals surface area contributed by atoms with Gasteiger partial charge in [-0.15, -0.1) is 0 Å². The minimum absolute atomic E-state index is 0.0674. The van der Waals surface area contributed by atoms with E-state index in [1.54, 1.807) is 15.4 Å². The summed E-state index contributed by atoms with van der Waals surface area (Å²) in [5, 5.41) is 12.6. The minimum Gasteiger partial charge on any atom is -0.355 e. The van der Waals surface area contributed by atoms with Crippen LogP contribution in [0.4, 0.5) is 17.3 Å². The zero-order valence-electron chi connectivity index (χ0n) is 22.7. The molecule has 0 saturated heterocycles. The van der Waals surface area contributed by atoms with E-state index in [-0.39, 0.29) is 45.7 Å². The Morgan fingerprint density at radius 3 is 2.71 bits per heavy atom. The summed E-state index contributed by atoms with van der Waals surface area (Å²) in [4.78, 5) is 42.7. The fourth-order valence-corrected chi connectivity index (χ4v) is 3.77. The van der Waals surface area contributed by atoms with Gasteiger partial charge in [0.05, 0.1) is 16.8 Å². The van der Waals surface area contributed by atoms with Crippen molar-refractivity contribution in [2.24, 2.45) is 11.3 Å². The monoisotopic (exact) mass is 468 g/mol. The number of fused-ring (bicyclic) bond motifs is 1. The van der Waals surface area contributed by atoms with Gasteiger partial charge in [-0.3, -0.25) is 19.1 Å². The fraction of sp³-hybridized carbons (Fsp3) is 0.458. The Balaban J connectivity index is 1.80. The van der Waals surface area contributed by atoms with Crippen LogP contribution in [0.25, 0.3) is 10.9 Å². The summed E-state index contributed by atoms with van der Waals surface area (Å²) in [6, 6.07) is 3.25. The molecule has 0 aliphatic heterocycles. The Morgan fingerprint density at radius 2 is 2.06 bits per heavy atom. The lowest BCUT2D eigenvalue weighted by Gasteiger charge is -2.19. The normalized spacial score (nSPS) is 15.4. The number of nitrogens with one attached hydrogen (secondary N) is 3. The maximum absolute atomic E-state index is 13.5. The first kappa shape index (κ1) is 19.7. The van der Waals surface area contributed by atoms with E-state index in [1.807, 2.05) is 39.1 Å². The molecule has 0 spiro atoms. The van der Waals surface area contributed by atoms with Crippen molar-refractivity contribution in [3.8, 4) is 0 Å². The molecule has 10 heteroatoms. The van der Waals surface area contributed by atoms with Crippen molar-refractivity contribution in [3.63, 3.8) is 0 Å². The van der Waals surface area contributed by atoms with E-state index in [1.165, 1.54) is 12.3 Å². The molecule has 1 fully saturated rings. The molecule has 10 nitrogen and oxygen atoms in total. The van der Waals surface area contributed by atoms with Crippen molar-refractivity contribution in [2.45, 2.75) is 53.6 Å². The van der Waals surface area contributed by atoms with Crippen molar-refractivity contribution in [1.82, 2.24) is 24.6 Å². The third-order valence-corrected chi connectivity index (χ3v) is 5.54. The van der Waals surface area contributed by atoms with E-state index >= 15 is 0 Å². The molecule has 34 heavy (non-hydrogen) atoms. The van der Waals surface area contributed by atoms with Gasteiger partial charge in [0.25, 0.3) is 11.5 Å². The first-order valence-corrected chi connectivity index (χ1v) is 11.3. The Labute approximate surface area is 202 Å². The molecule has 0 unspecified atom stereocenters. The van der Waals surface area contributed by atoms with Gasteiger partial charge in [-0.25, -0.2) is 4.98 Å². The average molecular weight is 469 g/mol. The number of hydrogen-bond donors (Lipinski definition) is 3. The molecular formula is C24H31N7O3. The fourth-order valence-electron chi connectivity index (χ4n) is 3.77. The molecule has 3 aromatic heterocycles. The number of aromatic nitrogens is 4.